The van der Waals surface area contributed by atoms with Crippen molar-refractivity contribution in [1.29, 1.82) is 0 Å². The molecule has 0 saturated carbocycles. The summed E-state index contributed by atoms with van der Waals surface area (Å²) in [5.74, 6) is 0. The molecule has 0 rings (SSSR count). The molecule has 0 amide bonds. The zero-order chi connectivity index (χ0) is 9.99. The Bertz CT molecular complexity index is 184. The number of rotatable bonds is 3. The Morgan fingerprint density at radius 2 is 1.75 bits per heavy atom. The number of hydrogen-bond acceptors (Lipinski definition) is 2. The zero-order valence-electron chi connectivity index (χ0n) is 5.32. The molecule has 0 bridgehead atoms. The largest absolute Gasteiger partial charge is 0.554 e. The summed E-state index contributed by atoms with van der Waals surface area (Å²) in [7, 11) is -6.18. The van der Waals surface area contributed by atoms with Crippen molar-refractivity contribution in [3.8, 4) is 0 Å². The molecule has 0 fully saturated rings. The molecular formula is C3H3F6O2P. The van der Waals surface area contributed by atoms with Crippen molar-refractivity contribution >= 4 is 7.99 Å². The van der Waals surface area contributed by atoms with Gasteiger partial charge in [-0.2, -0.15) is 13.2 Å². The van der Waals surface area contributed by atoms with Gasteiger partial charge in [0.1, 0.15) is 6.42 Å². The summed E-state index contributed by atoms with van der Waals surface area (Å²) in [5, 5.41) is 0. The monoisotopic (exact) mass is 216 g/mol. The van der Waals surface area contributed by atoms with Crippen LogP contribution in [0.25, 0.3) is 0 Å². The van der Waals surface area contributed by atoms with Crippen LogP contribution in [0.4, 0.5) is 26.0 Å². The molecule has 0 aromatic rings. The topological polar surface area (TPSA) is 26.3 Å². The van der Waals surface area contributed by atoms with Crippen molar-refractivity contribution in [2.75, 3.05) is 0 Å². The van der Waals surface area contributed by atoms with Gasteiger partial charge in [-0.3, -0.25) is 0 Å². The maximum atomic E-state index is 11.8. The number of halogens is 6. The molecule has 0 heterocycles. The van der Waals surface area contributed by atoms with E-state index in [1.54, 1.807) is 0 Å². The average Bonchev–Trinajstić information content (AvgIpc) is 1.49. The summed E-state index contributed by atoms with van der Waals surface area (Å²) >= 11 is 0. The van der Waals surface area contributed by atoms with E-state index < -0.39 is 26.9 Å². The second kappa shape index (κ2) is 3.66. The summed E-state index contributed by atoms with van der Waals surface area (Å²) in [5.41, 5.74) is 0. The predicted octanol–water partition coefficient (Wildman–Crippen LogP) is 3.30. The fourth-order valence-electron chi connectivity index (χ4n) is 0.352. The third-order valence-corrected chi connectivity index (χ3v) is 1.10. The predicted molar refractivity (Wildman–Crippen MR) is 26.5 cm³/mol. The molecule has 0 saturated heterocycles. The van der Waals surface area contributed by atoms with Gasteiger partial charge in [-0.1, -0.05) is 0 Å². The summed E-state index contributed by atoms with van der Waals surface area (Å²) in [6.45, 7) is 0. The van der Waals surface area contributed by atoms with E-state index in [-0.39, 0.29) is 0 Å². The van der Waals surface area contributed by atoms with Gasteiger partial charge in [0, 0.05) is 0 Å². The highest BCUT2D eigenvalue weighted by Gasteiger charge is 2.37. The van der Waals surface area contributed by atoms with Gasteiger partial charge in [0.25, 0.3) is 0 Å². The minimum atomic E-state index is -6.18. The third-order valence-electron chi connectivity index (χ3n) is 0.629. The number of alkyl halides is 4. The average molecular weight is 216 g/mol. The smallest absolute Gasteiger partial charge is 0.244 e. The van der Waals surface area contributed by atoms with Crippen molar-refractivity contribution in [3.05, 3.63) is 0 Å². The van der Waals surface area contributed by atoms with E-state index in [2.05, 4.69) is 4.52 Å². The molecule has 0 aliphatic carbocycles. The molecule has 1 atom stereocenters. The summed E-state index contributed by atoms with van der Waals surface area (Å²) < 4.78 is 80.0. The molecule has 0 aliphatic rings. The van der Waals surface area contributed by atoms with E-state index >= 15 is 0 Å². The molecule has 0 aromatic carbocycles. The molecule has 2 nitrogen and oxygen atoms in total. The van der Waals surface area contributed by atoms with E-state index in [9.17, 15) is 30.5 Å². The van der Waals surface area contributed by atoms with Crippen molar-refractivity contribution < 1.29 is 35.0 Å². The van der Waals surface area contributed by atoms with Crippen LogP contribution < -0.4 is 0 Å². The molecule has 0 radical (unpaired) electrons. The molecule has 9 heteroatoms. The van der Waals surface area contributed by atoms with E-state index in [1.165, 1.54) is 0 Å². The standard InChI is InChI=1S/C3H3F6O2P/c4-2(1-3(5,6)7)11-12(8,9)10/h2H,1H2. The molecule has 12 heavy (non-hydrogen) atoms. The van der Waals surface area contributed by atoms with Crippen molar-refractivity contribution in [3.63, 3.8) is 0 Å². The van der Waals surface area contributed by atoms with Gasteiger partial charge in [0.15, 0.2) is 0 Å². The van der Waals surface area contributed by atoms with E-state index in [0.29, 0.717) is 0 Å². The minimum absolute atomic E-state index is 2.20. The molecule has 0 aromatic heterocycles. The lowest BCUT2D eigenvalue weighted by Gasteiger charge is -2.09. The van der Waals surface area contributed by atoms with Gasteiger partial charge in [-0.15, -0.1) is 8.39 Å². The molecule has 0 spiro atoms. The van der Waals surface area contributed by atoms with Crippen LogP contribution in [-0.4, -0.2) is 12.5 Å². The lowest BCUT2D eigenvalue weighted by Crippen LogP contribution is -2.16. The second-order valence-corrected chi connectivity index (χ2v) is 2.79. The fraction of sp³-hybridized carbons (Fsp3) is 1.00. The molecular weight excluding hydrogens is 213 g/mol. The van der Waals surface area contributed by atoms with Crippen LogP contribution in [0.5, 0.6) is 0 Å². The summed E-state index contributed by atoms with van der Waals surface area (Å²) in [4.78, 5) is 0. The summed E-state index contributed by atoms with van der Waals surface area (Å²) in [6.07, 6.45) is -10.5. The van der Waals surface area contributed by atoms with Gasteiger partial charge in [0.2, 0.25) is 6.36 Å². The maximum Gasteiger partial charge on any atom is 0.554 e. The first-order chi connectivity index (χ1) is 5.10. The lowest BCUT2D eigenvalue weighted by atomic mass is 10.4. The lowest BCUT2D eigenvalue weighted by molar-refractivity contribution is -0.167. The Kier molecular flexibility index (Phi) is 3.59. The third kappa shape index (κ3) is 7.87. The first-order valence-corrected chi connectivity index (χ1v) is 3.89. The Morgan fingerprint density at radius 1 is 1.33 bits per heavy atom. The summed E-state index contributed by atoms with van der Waals surface area (Å²) in [6, 6.07) is 0. The van der Waals surface area contributed by atoms with E-state index in [4.69, 9.17) is 0 Å². The molecule has 0 N–H and O–H groups in total. The van der Waals surface area contributed by atoms with Crippen LogP contribution in [0.3, 0.4) is 0 Å². The highest BCUT2D eigenvalue weighted by molar-refractivity contribution is 7.47. The van der Waals surface area contributed by atoms with E-state index in [0.717, 1.165) is 0 Å². The van der Waals surface area contributed by atoms with Crippen molar-refractivity contribution in [1.82, 2.24) is 0 Å². The quantitative estimate of drug-likeness (QED) is 0.534. The normalized spacial score (nSPS) is 16.2. The first kappa shape index (κ1) is 11.8. The fourth-order valence-corrected chi connectivity index (χ4v) is 0.693. The van der Waals surface area contributed by atoms with Crippen LogP contribution in [0.2, 0.25) is 0 Å². The molecule has 1 unspecified atom stereocenters. The van der Waals surface area contributed by atoms with Crippen LogP contribution in [0.1, 0.15) is 6.42 Å². The Hall–Kier alpha value is -0.230. The maximum absolute atomic E-state index is 11.8. The Balaban J connectivity index is 3.91. The van der Waals surface area contributed by atoms with Crippen LogP contribution in [0.15, 0.2) is 0 Å². The van der Waals surface area contributed by atoms with E-state index in [1.807, 2.05) is 0 Å². The number of hydrogen-bond donors (Lipinski definition) is 0. The van der Waals surface area contributed by atoms with Crippen LogP contribution in [0, 0.1) is 0 Å². The Labute approximate surface area is 63.2 Å². The van der Waals surface area contributed by atoms with Gasteiger partial charge >= 0.3 is 14.2 Å². The minimum Gasteiger partial charge on any atom is -0.244 e. The second-order valence-electron chi connectivity index (χ2n) is 1.75. The van der Waals surface area contributed by atoms with Crippen molar-refractivity contribution in [2.45, 2.75) is 19.0 Å². The highest BCUT2D eigenvalue weighted by atomic mass is 31.2. The van der Waals surface area contributed by atoms with Gasteiger partial charge in [-0.05, 0) is 0 Å². The SMILES string of the molecule is O=P(F)(F)OC(F)CC(F)(F)F. The van der Waals surface area contributed by atoms with Crippen LogP contribution in [-0.2, 0) is 9.09 Å². The zero-order valence-corrected chi connectivity index (χ0v) is 6.21. The molecule has 0 aliphatic heterocycles. The van der Waals surface area contributed by atoms with Crippen LogP contribution >= 0.6 is 7.99 Å². The molecule has 74 valence electrons. The highest BCUT2D eigenvalue weighted by Crippen LogP contribution is 2.52. The Morgan fingerprint density at radius 3 is 2.00 bits per heavy atom. The van der Waals surface area contributed by atoms with Gasteiger partial charge in [-0.25, -0.2) is 13.5 Å². The van der Waals surface area contributed by atoms with Gasteiger partial charge in [0.05, 0.1) is 0 Å². The van der Waals surface area contributed by atoms with Crippen molar-refractivity contribution in [2.24, 2.45) is 0 Å². The first-order valence-electron chi connectivity index (χ1n) is 2.49. The van der Waals surface area contributed by atoms with Gasteiger partial charge < -0.3 is 0 Å².